The SMILES string of the molecule is COCCC1(C(=O)NCC(O)c2ccc3ccccc3c2)CCCC1. The van der Waals surface area contributed by atoms with Crippen LogP contribution in [0.4, 0.5) is 0 Å². The molecule has 2 N–H and O–H groups in total. The highest BCUT2D eigenvalue weighted by Gasteiger charge is 2.40. The summed E-state index contributed by atoms with van der Waals surface area (Å²) in [6, 6.07) is 14.0. The van der Waals surface area contributed by atoms with Crippen LogP contribution in [0.15, 0.2) is 42.5 Å². The van der Waals surface area contributed by atoms with Gasteiger partial charge in [-0.2, -0.15) is 0 Å². The maximum atomic E-state index is 12.7. The third kappa shape index (κ3) is 4.02. The van der Waals surface area contributed by atoms with Crippen molar-refractivity contribution in [2.24, 2.45) is 5.41 Å². The number of rotatable bonds is 7. The average molecular weight is 341 g/mol. The fourth-order valence-corrected chi connectivity index (χ4v) is 3.85. The quantitative estimate of drug-likeness (QED) is 0.809. The summed E-state index contributed by atoms with van der Waals surface area (Å²) in [4.78, 5) is 12.7. The standard InChI is InChI=1S/C21H27NO3/c1-25-13-12-21(10-4-5-11-21)20(24)22-15-19(23)18-9-8-16-6-2-3-7-17(16)14-18/h2-3,6-9,14,19,23H,4-5,10-13,15H2,1H3,(H,22,24). The summed E-state index contributed by atoms with van der Waals surface area (Å²) in [6.45, 7) is 0.840. The van der Waals surface area contributed by atoms with E-state index in [-0.39, 0.29) is 17.9 Å². The van der Waals surface area contributed by atoms with Crippen molar-refractivity contribution in [3.63, 3.8) is 0 Å². The zero-order chi connectivity index (χ0) is 17.7. The van der Waals surface area contributed by atoms with E-state index in [2.05, 4.69) is 5.32 Å². The van der Waals surface area contributed by atoms with Crippen LogP contribution in [-0.2, 0) is 9.53 Å². The van der Waals surface area contributed by atoms with E-state index in [1.807, 2.05) is 42.5 Å². The molecular weight excluding hydrogens is 314 g/mol. The van der Waals surface area contributed by atoms with Gasteiger partial charge in [0.1, 0.15) is 0 Å². The minimum Gasteiger partial charge on any atom is -0.387 e. The van der Waals surface area contributed by atoms with Crippen molar-refractivity contribution >= 4 is 16.7 Å². The molecule has 3 rings (SSSR count). The molecule has 0 saturated heterocycles. The number of carbonyl (C=O) groups is 1. The lowest BCUT2D eigenvalue weighted by atomic mass is 9.82. The van der Waals surface area contributed by atoms with Crippen LogP contribution < -0.4 is 5.32 Å². The Hall–Kier alpha value is -1.91. The number of hydrogen-bond donors (Lipinski definition) is 2. The molecule has 4 heteroatoms. The van der Waals surface area contributed by atoms with E-state index >= 15 is 0 Å². The second-order valence-corrected chi connectivity index (χ2v) is 7.06. The summed E-state index contributed by atoms with van der Waals surface area (Å²) in [5, 5.41) is 15.7. The number of methoxy groups -OCH3 is 1. The minimum absolute atomic E-state index is 0.0573. The maximum Gasteiger partial charge on any atom is 0.226 e. The molecule has 0 heterocycles. The van der Waals surface area contributed by atoms with Gasteiger partial charge in [0.15, 0.2) is 0 Å². The van der Waals surface area contributed by atoms with Crippen LogP contribution in [0.5, 0.6) is 0 Å². The minimum atomic E-state index is -0.700. The Morgan fingerprint density at radius 2 is 1.92 bits per heavy atom. The van der Waals surface area contributed by atoms with Gasteiger partial charge in [-0.15, -0.1) is 0 Å². The van der Waals surface area contributed by atoms with E-state index in [0.717, 1.165) is 48.4 Å². The van der Waals surface area contributed by atoms with Gasteiger partial charge in [-0.25, -0.2) is 0 Å². The first-order valence-corrected chi connectivity index (χ1v) is 9.09. The molecule has 1 fully saturated rings. The van der Waals surface area contributed by atoms with Gasteiger partial charge in [0, 0.05) is 20.3 Å². The molecule has 0 aromatic heterocycles. The zero-order valence-electron chi connectivity index (χ0n) is 14.8. The molecular formula is C21H27NO3. The van der Waals surface area contributed by atoms with Gasteiger partial charge in [0.25, 0.3) is 0 Å². The summed E-state index contributed by atoms with van der Waals surface area (Å²) in [7, 11) is 1.67. The third-order valence-corrected chi connectivity index (χ3v) is 5.44. The smallest absolute Gasteiger partial charge is 0.226 e. The Morgan fingerprint density at radius 3 is 2.64 bits per heavy atom. The van der Waals surface area contributed by atoms with Gasteiger partial charge < -0.3 is 15.2 Å². The van der Waals surface area contributed by atoms with Gasteiger partial charge in [-0.05, 0) is 41.7 Å². The molecule has 1 aliphatic carbocycles. The van der Waals surface area contributed by atoms with Crippen LogP contribution in [0.2, 0.25) is 0 Å². The first-order valence-electron chi connectivity index (χ1n) is 9.09. The van der Waals surface area contributed by atoms with Crippen molar-refractivity contribution in [3.05, 3.63) is 48.0 Å². The Bertz CT molecular complexity index is 722. The van der Waals surface area contributed by atoms with E-state index in [1.165, 1.54) is 0 Å². The highest BCUT2D eigenvalue weighted by atomic mass is 16.5. The number of aliphatic hydroxyl groups excluding tert-OH is 1. The van der Waals surface area contributed by atoms with Crippen molar-refractivity contribution in [1.29, 1.82) is 0 Å². The maximum absolute atomic E-state index is 12.7. The van der Waals surface area contributed by atoms with Crippen LogP contribution in [0.25, 0.3) is 10.8 Å². The number of nitrogens with one attached hydrogen (secondary N) is 1. The van der Waals surface area contributed by atoms with E-state index < -0.39 is 6.10 Å². The first kappa shape index (κ1) is 17.9. The summed E-state index contributed by atoms with van der Waals surface area (Å²) in [5.74, 6) is 0.0573. The van der Waals surface area contributed by atoms with E-state index in [0.29, 0.717) is 6.61 Å². The van der Waals surface area contributed by atoms with E-state index in [4.69, 9.17) is 4.74 Å². The number of hydrogen-bond acceptors (Lipinski definition) is 3. The fourth-order valence-electron chi connectivity index (χ4n) is 3.85. The third-order valence-electron chi connectivity index (χ3n) is 5.44. The van der Waals surface area contributed by atoms with Crippen molar-refractivity contribution < 1.29 is 14.6 Å². The molecule has 1 unspecified atom stereocenters. The van der Waals surface area contributed by atoms with Gasteiger partial charge in [-0.1, -0.05) is 49.2 Å². The first-order chi connectivity index (χ1) is 12.1. The van der Waals surface area contributed by atoms with Crippen LogP contribution >= 0.6 is 0 Å². The number of ether oxygens (including phenoxy) is 1. The molecule has 2 aromatic carbocycles. The highest BCUT2D eigenvalue weighted by molar-refractivity contribution is 5.84. The van der Waals surface area contributed by atoms with Crippen molar-refractivity contribution in [3.8, 4) is 0 Å². The van der Waals surface area contributed by atoms with Gasteiger partial charge in [0.05, 0.1) is 11.5 Å². The lowest BCUT2D eigenvalue weighted by molar-refractivity contribution is -0.132. The topological polar surface area (TPSA) is 58.6 Å². The van der Waals surface area contributed by atoms with Crippen LogP contribution in [-0.4, -0.2) is 31.3 Å². The summed E-state index contributed by atoms with van der Waals surface area (Å²) >= 11 is 0. The zero-order valence-corrected chi connectivity index (χ0v) is 14.8. The molecule has 1 amide bonds. The predicted octanol–water partition coefficient (Wildman–Crippen LogP) is 3.59. The van der Waals surface area contributed by atoms with Gasteiger partial charge in [0.2, 0.25) is 5.91 Å². The van der Waals surface area contributed by atoms with Gasteiger partial charge in [-0.3, -0.25) is 4.79 Å². The average Bonchev–Trinajstić information content (AvgIpc) is 3.14. The second-order valence-electron chi connectivity index (χ2n) is 7.06. The van der Waals surface area contributed by atoms with Gasteiger partial charge >= 0.3 is 0 Å². The lowest BCUT2D eigenvalue weighted by Gasteiger charge is -2.28. The van der Waals surface area contributed by atoms with E-state index in [1.54, 1.807) is 7.11 Å². The number of benzene rings is 2. The van der Waals surface area contributed by atoms with Crippen LogP contribution in [0, 0.1) is 5.41 Å². The highest BCUT2D eigenvalue weighted by Crippen LogP contribution is 2.41. The fraction of sp³-hybridized carbons (Fsp3) is 0.476. The monoisotopic (exact) mass is 341 g/mol. The number of aliphatic hydroxyl groups is 1. The Kier molecular flexibility index (Phi) is 5.71. The second kappa shape index (κ2) is 7.98. The molecule has 0 bridgehead atoms. The summed E-state index contributed by atoms with van der Waals surface area (Å²) in [5.41, 5.74) is 0.510. The molecule has 2 aromatic rings. The number of amides is 1. The largest absolute Gasteiger partial charge is 0.387 e. The summed E-state index contributed by atoms with van der Waals surface area (Å²) in [6.07, 6.45) is 4.05. The van der Waals surface area contributed by atoms with Crippen LogP contribution in [0.1, 0.15) is 43.8 Å². The van der Waals surface area contributed by atoms with Crippen molar-refractivity contribution in [1.82, 2.24) is 5.32 Å². The number of carbonyl (C=O) groups excluding carboxylic acids is 1. The molecule has 4 nitrogen and oxygen atoms in total. The molecule has 1 atom stereocenters. The van der Waals surface area contributed by atoms with Crippen molar-refractivity contribution in [2.45, 2.75) is 38.2 Å². The predicted molar refractivity (Wildman–Crippen MR) is 99.3 cm³/mol. The summed E-state index contributed by atoms with van der Waals surface area (Å²) < 4.78 is 5.19. The van der Waals surface area contributed by atoms with E-state index in [9.17, 15) is 9.90 Å². The molecule has 0 aliphatic heterocycles. The normalized spacial score (nSPS) is 17.5. The lowest BCUT2D eigenvalue weighted by Crippen LogP contribution is -2.41. The molecule has 134 valence electrons. The Labute approximate surface area is 149 Å². The molecule has 1 saturated carbocycles. The molecule has 25 heavy (non-hydrogen) atoms. The molecule has 0 spiro atoms. The Morgan fingerprint density at radius 1 is 1.20 bits per heavy atom. The molecule has 0 radical (unpaired) electrons. The number of fused-ring (bicyclic) bond motifs is 1. The Balaban J connectivity index is 1.63. The molecule has 1 aliphatic rings. The van der Waals surface area contributed by atoms with Crippen molar-refractivity contribution in [2.75, 3.05) is 20.3 Å². The van der Waals surface area contributed by atoms with Crippen LogP contribution in [0.3, 0.4) is 0 Å².